The fourth-order valence-corrected chi connectivity index (χ4v) is 4.44. The van der Waals surface area contributed by atoms with Gasteiger partial charge in [-0.05, 0) is 61.9 Å². The van der Waals surface area contributed by atoms with E-state index in [0.29, 0.717) is 24.8 Å². The SMILES string of the molecule is COC(=O)[C@@H]1CCC[C@@H]1Cc1cccc(OCCc2nc(-c3ccccc3)oc2C)c1. The molecule has 1 heterocycles. The molecule has 0 saturated heterocycles. The average Bonchev–Trinajstić information content (AvgIpc) is 3.41. The van der Waals surface area contributed by atoms with E-state index in [9.17, 15) is 4.79 Å². The van der Waals surface area contributed by atoms with Crippen LogP contribution in [-0.2, 0) is 22.4 Å². The molecule has 0 bridgehead atoms. The normalized spacial score (nSPS) is 18.1. The predicted octanol–water partition coefficient (Wildman–Crippen LogP) is 5.40. The number of rotatable bonds is 8. The van der Waals surface area contributed by atoms with Gasteiger partial charge in [-0.1, -0.05) is 36.8 Å². The number of nitrogens with zero attached hydrogens (tertiary/aromatic N) is 1. The first-order valence-corrected chi connectivity index (χ1v) is 11.0. The molecule has 2 atom stereocenters. The largest absolute Gasteiger partial charge is 0.493 e. The molecular formula is C26H29NO4. The van der Waals surface area contributed by atoms with E-state index in [1.165, 1.54) is 12.7 Å². The second-order valence-electron chi connectivity index (χ2n) is 8.16. The zero-order valence-electron chi connectivity index (χ0n) is 18.2. The molecule has 3 aromatic rings. The molecule has 31 heavy (non-hydrogen) atoms. The van der Waals surface area contributed by atoms with Crippen molar-refractivity contribution in [2.75, 3.05) is 13.7 Å². The Morgan fingerprint density at radius 1 is 1.13 bits per heavy atom. The Bertz CT molecular complexity index is 1010. The number of oxazole rings is 1. The van der Waals surface area contributed by atoms with Gasteiger partial charge in [0.05, 0.1) is 25.3 Å². The third-order valence-electron chi connectivity index (χ3n) is 6.08. The van der Waals surface area contributed by atoms with Crippen LogP contribution in [0.25, 0.3) is 11.5 Å². The van der Waals surface area contributed by atoms with Crippen LogP contribution in [0, 0.1) is 18.8 Å². The molecule has 0 amide bonds. The van der Waals surface area contributed by atoms with E-state index in [2.05, 4.69) is 17.1 Å². The molecule has 0 unspecified atom stereocenters. The highest BCUT2D eigenvalue weighted by Gasteiger charge is 2.33. The fraction of sp³-hybridized carbons (Fsp3) is 0.385. The molecule has 0 radical (unpaired) electrons. The third-order valence-corrected chi connectivity index (χ3v) is 6.08. The van der Waals surface area contributed by atoms with Gasteiger partial charge in [0.25, 0.3) is 0 Å². The number of methoxy groups -OCH3 is 1. The Balaban J connectivity index is 1.34. The van der Waals surface area contributed by atoms with Gasteiger partial charge >= 0.3 is 5.97 Å². The van der Waals surface area contributed by atoms with Crippen molar-refractivity contribution in [2.24, 2.45) is 11.8 Å². The van der Waals surface area contributed by atoms with Gasteiger partial charge in [0.2, 0.25) is 5.89 Å². The molecule has 1 aliphatic carbocycles. The van der Waals surface area contributed by atoms with Crippen molar-refractivity contribution in [1.82, 2.24) is 4.98 Å². The van der Waals surface area contributed by atoms with Crippen molar-refractivity contribution in [3.05, 3.63) is 71.6 Å². The van der Waals surface area contributed by atoms with Crippen LogP contribution in [0.1, 0.15) is 36.3 Å². The molecule has 1 aliphatic rings. The van der Waals surface area contributed by atoms with Gasteiger partial charge in [0, 0.05) is 12.0 Å². The Hall–Kier alpha value is -3.08. The van der Waals surface area contributed by atoms with Gasteiger partial charge in [0.15, 0.2) is 0 Å². The average molecular weight is 420 g/mol. The summed E-state index contributed by atoms with van der Waals surface area (Å²) >= 11 is 0. The predicted molar refractivity (Wildman–Crippen MR) is 119 cm³/mol. The van der Waals surface area contributed by atoms with Crippen LogP contribution in [-0.4, -0.2) is 24.7 Å². The summed E-state index contributed by atoms with van der Waals surface area (Å²) in [6.07, 6.45) is 4.64. The lowest BCUT2D eigenvalue weighted by atomic mass is 9.89. The van der Waals surface area contributed by atoms with Crippen LogP contribution < -0.4 is 4.74 Å². The molecule has 0 spiro atoms. The third kappa shape index (κ3) is 5.16. The minimum absolute atomic E-state index is 0.0172. The Morgan fingerprint density at radius 2 is 1.97 bits per heavy atom. The van der Waals surface area contributed by atoms with E-state index in [-0.39, 0.29) is 11.9 Å². The maximum absolute atomic E-state index is 12.0. The fourth-order valence-electron chi connectivity index (χ4n) is 4.44. The van der Waals surface area contributed by atoms with Crippen molar-refractivity contribution >= 4 is 5.97 Å². The Morgan fingerprint density at radius 3 is 2.77 bits per heavy atom. The smallest absolute Gasteiger partial charge is 0.308 e. The van der Waals surface area contributed by atoms with E-state index in [0.717, 1.165) is 48.5 Å². The molecule has 1 saturated carbocycles. The number of hydrogen-bond acceptors (Lipinski definition) is 5. The van der Waals surface area contributed by atoms with Crippen molar-refractivity contribution in [1.29, 1.82) is 0 Å². The zero-order chi connectivity index (χ0) is 21.6. The van der Waals surface area contributed by atoms with Gasteiger partial charge in [-0.15, -0.1) is 0 Å². The van der Waals surface area contributed by atoms with Crippen LogP contribution in [0.3, 0.4) is 0 Å². The van der Waals surface area contributed by atoms with Gasteiger partial charge < -0.3 is 13.9 Å². The molecular weight excluding hydrogens is 390 g/mol. The Labute approximate surface area is 183 Å². The lowest BCUT2D eigenvalue weighted by molar-refractivity contribution is -0.146. The number of aryl methyl sites for hydroxylation is 1. The monoisotopic (exact) mass is 419 g/mol. The number of benzene rings is 2. The summed E-state index contributed by atoms with van der Waals surface area (Å²) in [4.78, 5) is 16.7. The summed E-state index contributed by atoms with van der Waals surface area (Å²) in [6, 6.07) is 18.1. The highest BCUT2D eigenvalue weighted by atomic mass is 16.5. The molecule has 2 aromatic carbocycles. The lowest BCUT2D eigenvalue weighted by Gasteiger charge is -2.17. The van der Waals surface area contributed by atoms with Crippen LogP contribution in [0.15, 0.2) is 59.0 Å². The number of carbonyl (C=O) groups excluding carboxylic acids is 1. The first-order chi connectivity index (χ1) is 15.1. The van der Waals surface area contributed by atoms with Crippen molar-refractivity contribution in [2.45, 2.75) is 39.0 Å². The maximum Gasteiger partial charge on any atom is 0.308 e. The number of hydrogen-bond donors (Lipinski definition) is 0. The second-order valence-corrected chi connectivity index (χ2v) is 8.16. The summed E-state index contributed by atoms with van der Waals surface area (Å²) in [5, 5.41) is 0. The highest BCUT2D eigenvalue weighted by molar-refractivity contribution is 5.73. The van der Waals surface area contributed by atoms with Crippen molar-refractivity contribution in [3.8, 4) is 17.2 Å². The van der Waals surface area contributed by atoms with Crippen LogP contribution in [0.5, 0.6) is 5.75 Å². The Kier molecular flexibility index (Phi) is 6.70. The summed E-state index contributed by atoms with van der Waals surface area (Å²) in [6.45, 7) is 2.47. The summed E-state index contributed by atoms with van der Waals surface area (Å²) in [5.41, 5.74) is 3.09. The highest BCUT2D eigenvalue weighted by Crippen LogP contribution is 2.35. The van der Waals surface area contributed by atoms with Crippen molar-refractivity contribution < 1.29 is 18.7 Å². The molecule has 0 N–H and O–H groups in total. The number of aromatic nitrogens is 1. The number of ether oxygens (including phenoxy) is 2. The standard InChI is InChI=1S/C26H29NO4/c1-18-24(27-25(31-18)20-9-4-3-5-10-20)14-15-30-22-12-6-8-19(17-22)16-21-11-7-13-23(21)26(28)29-2/h3-6,8-10,12,17,21,23H,7,11,13-16H2,1-2H3/t21-,23-/m1/s1. The van der Waals surface area contributed by atoms with E-state index in [1.807, 2.05) is 49.4 Å². The number of carbonyl (C=O) groups is 1. The van der Waals surface area contributed by atoms with Crippen molar-refractivity contribution in [3.63, 3.8) is 0 Å². The minimum Gasteiger partial charge on any atom is -0.493 e. The topological polar surface area (TPSA) is 61.6 Å². The van der Waals surface area contributed by atoms with Gasteiger partial charge in [0.1, 0.15) is 11.5 Å². The molecule has 0 aliphatic heterocycles. The molecule has 162 valence electrons. The number of esters is 1. The lowest BCUT2D eigenvalue weighted by Crippen LogP contribution is -2.21. The molecule has 5 heteroatoms. The zero-order valence-corrected chi connectivity index (χ0v) is 18.2. The van der Waals surface area contributed by atoms with E-state index >= 15 is 0 Å². The molecule has 4 rings (SSSR count). The maximum atomic E-state index is 12.0. The van der Waals surface area contributed by atoms with Crippen LogP contribution >= 0.6 is 0 Å². The summed E-state index contributed by atoms with van der Waals surface area (Å²) in [5.74, 6) is 2.60. The first kappa shape index (κ1) is 21.2. The van der Waals surface area contributed by atoms with Gasteiger partial charge in [-0.3, -0.25) is 4.79 Å². The molecule has 5 nitrogen and oxygen atoms in total. The minimum atomic E-state index is -0.0761. The van der Waals surface area contributed by atoms with E-state index in [4.69, 9.17) is 13.9 Å². The second kappa shape index (κ2) is 9.82. The van der Waals surface area contributed by atoms with Crippen LogP contribution in [0.4, 0.5) is 0 Å². The molecule has 1 aromatic heterocycles. The van der Waals surface area contributed by atoms with E-state index in [1.54, 1.807) is 0 Å². The summed E-state index contributed by atoms with van der Waals surface area (Å²) < 4.78 is 16.8. The molecule has 1 fully saturated rings. The van der Waals surface area contributed by atoms with E-state index < -0.39 is 0 Å². The van der Waals surface area contributed by atoms with Gasteiger partial charge in [-0.25, -0.2) is 4.98 Å². The quantitative estimate of drug-likeness (QED) is 0.457. The summed E-state index contributed by atoms with van der Waals surface area (Å²) in [7, 11) is 1.48. The van der Waals surface area contributed by atoms with Gasteiger partial charge in [-0.2, -0.15) is 0 Å². The van der Waals surface area contributed by atoms with Crippen LogP contribution in [0.2, 0.25) is 0 Å². The first-order valence-electron chi connectivity index (χ1n) is 11.0.